The molecule has 0 aromatic rings. The van der Waals surface area contributed by atoms with Gasteiger partial charge < -0.3 is 10.6 Å². The van der Waals surface area contributed by atoms with Crippen molar-refractivity contribution in [3.05, 3.63) is 0 Å². The summed E-state index contributed by atoms with van der Waals surface area (Å²) >= 11 is 3.51. The largest absolute Gasteiger partial charge is 0.365 e. The van der Waals surface area contributed by atoms with Crippen LogP contribution in [0.2, 0.25) is 0 Å². The summed E-state index contributed by atoms with van der Waals surface area (Å²) in [6.45, 7) is 1.93. The van der Waals surface area contributed by atoms with Gasteiger partial charge in [0.15, 0.2) is 10.3 Å². The minimum absolute atomic E-state index is 0.554. The monoisotopic (exact) mass is 398 g/mol. The highest BCUT2D eigenvalue weighted by molar-refractivity contribution is 8.13. The topological polar surface area (TPSA) is 48.8 Å². The summed E-state index contributed by atoms with van der Waals surface area (Å²) in [5.74, 6) is 0. The second-order valence-corrected chi connectivity index (χ2v) is 9.02. The second-order valence-electron chi connectivity index (χ2n) is 7.43. The van der Waals surface area contributed by atoms with Gasteiger partial charge in [0.2, 0.25) is 0 Å². The Kier molecular flexibility index (Phi) is 11.6. The van der Waals surface area contributed by atoms with Crippen LogP contribution in [0, 0.1) is 0 Å². The molecule has 0 aliphatic heterocycles. The zero-order chi connectivity index (χ0) is 18.5. The van der Waals surface area contributed by atoms with E-state index in [9.17, 15) is 0 Å². The highest BCUT2D eigenvalue weighted by atomic mass is 32.2. The van der Waals surface area contributed by atoms with Crippen LogP contribution in [0.25, 0.3) is 0 Å². The SMILES string of the molecule is CS/C(=N\C1CCCCC1)NCCCC/N=C(/NC1CCCCC1)SC. The van der Waals surface area contributed by atoms with Crippen LogP contribution in [-0.2, 0) is 0 Å². The Labute approximate surface area is 169 Å². The van der Waals surface area contributed by atoms with E-state index in [1.165, 1.54) is 64.2 Å². The fourth-order valence-electron chi connectivity index (χ4n) is 3.75. The average molecular weight is 399 g/mol. The van der Waals surface area contributed by atoms with Crippen molar-refractivity contribution in [2.75, 3.05) is 25.6 Å². The van der Waals surface area contributed by atoms with Gasteiger partial charge in [-0.3, -0.25) is 9.98 Å². The molecule has 0 aromatic heterocycles. The minimum Gasteiger partial charge on any atom is -0.365 e. The number of nitrogens with zero attached hydrogens (tertiary/aromatic N) is 2. The van der Waals surface area contributed by atoms with Crippen molar-refractivity contribution >= 4 is 33.9 Å². The maximum absolute atomic E-state index is 4.91. The molecule has 0 unspecified atom stereocenters. The van der Waals surface area contributed by atoms with Crippen molar-refractivity contribution < 1.29 is 0 Å². The minimum atomic E-state index is 0.554. The van der Waals surface area contributed by atoms with Gasteiger partial charge in [-0.2, -0.15) is 0 Å². The average Bonchev–Trinajstić information content (AvgIpc) is 2.70. The number of unbranched alkanes of at least 4 members (excludes halogenated alkanes) is 1. The van der Waals surface area contributed by atoms with Gasteiger partial charge in [-0.05, 0) is 51.0 Å². The molecule has 2 rings (SSSR count). The molecule has 2 aliphatic rings. The third-order valence-corrected chi connectivity index (χ3v) is 6.58. The molecule has 2 fully saturated rings. The number of thioether (sulfide) groups is 2. The first-order chi connectivity index (χ1) is 12.8. The molecule has 0 amide bonds. The van der Waals surface area contributed by atoms with E-state index in [1.54, 1.807) is 23.5 Å². The molecule has 2 aliphatic carbocycles. The Bertz CT molecular complexity index is 428. The van der Waals surface area contributed by atoms with Crippen LogP contribution in [0.5, 0.6) is 0 Å². The summed E-state index contributed by atoms with van der Waals surface area (Å²) in [7, 11) is 0. The van der Waals surface area contributed by atoms with Crippen LogP contribution in [0.4, 0.5) is 0 Å². The molecule has 0 aromatic carbocycles. The number of rotatable bonds is 7. The summed E-state index contributed by atoms with van der Waals surface area (Å²) in [6.07, 6.45) is 19.9. The third kappa shape index (κ3) is 9.03. The van der Waals surface area contributed by atoms with Crippen molar-refractivity contribution in [2.24, 2.45) is 9.98 Å². The van der Waals surface area contributed by atoms with Gasteiger partial charge in [0.25, 0.3) is 0 Å². The predicted molar refractivity (Wildman–Crippen MR) is 121 cm³/mol. The molecular formula is C20H38N4S2. The van der Waals surface area contributed by atoms with E-state index in [2.05, 4.69) is 23.1 Å². The summed E-state index contributed by atoms with van der Waals surface area (Å²) < 4.78 is 0. The molecule has 0 heterocycles. The maximum atomic E-state index is 4.91. The van der Waals surface area contributed by atoms with Gasteiger partial charge in [0, 0.05) is 19.1 Å². The standard InChI is InChI=1S/C20H38N4S2/c1-25-19(23-17-11-5-3-6-12-17)21-15-9-10-16-22-20(26-2)24-18-13-7-4-8-14-18/h17-18H,3-16H2,1-2H3,(H,21,23)(H,22,24). The molecular weight excluding hydrogens is 360 g/mol. The normalized spacial score (nSPS) is 21.0. The van der Waals surface area contributed by atoms with E-state index in [0.717, 1.165) is 36.3 Å². The van der Waals surface area contributed by atoms with Crippen LogP contribution in [0.15, 0.2) is 9.98 Å². The number of amidine groups is 2. The van der Waals surface area contributed by atoms with E-state index >= 15 is 0 Å². The van der Waals surface area contributed by atoms with Crippen molar-refractivity contribution in [3.63, 3.8) is 0 Å². The Morgan fingerprint density at radius 1 is 0.846 bits per heavy atom. The predicted octanol–water partition coefficient (Wildman–Crippen LogP) is 5.05. The molecule has 2 N–H and O–H groups in total. The number of aliphatic imine (C=N–C) groups is 2. The first-order valence-corrected chi connectivity index (χ1v) is 13.0. The summed E-state index contributed by atoms with van der Waals surface area (Å²) in [6, 6.07) is 1.20. The number of hydrogen-bond acceptors (Lipinski definition) is 4. The molecule has 0 radical (unpaired) electrons. The van der Waals surface area contributed by atoms with Crippen molar-refractivity contribution in [3.8, 4) is 0 Å². The lowest BCUT2D eigenvalue weighted by molar-refractivity contribution is 0.415. The molecule has 26 heavy (non-hydrogen) atoms. The zero-order valence-corrected chi connectivity index (χ0v) is 18.4. The summed E-state index contributed by atoms with van der Waals surface area (Å²) in [5, 5.41) is 9.43. The molecule has 0 saturated heterocycles. The maximum Gasteiger partial charge on any atom is 0.156 e. The summed E-state index contributed by atoms with van der Waals surface area (Å²) in [5.41, 5.74) is 0. The van der Waals surface area contributed by atoms with Crippen LogP contribution in [0.3, 0.4) is 0 Å². The van der Waals surface area contributed by atoms with E-state index in [1.807, 2.05) is 0 Å². The third-order valence-electron chi connectivity index (χ3n) is 5.31. The van der Waals surface area contributed by atoms with Gasteiger partial charge in [-0.25, -0.2) is 0 Å². The molecule has 150 valence electrons. The summed E-state index contributed by atoms with van der Waals surface area (Å²) in [4.78, 5) is 9.68. The van der Waals surface area contributed by atoms with Crippen molar-refractivity contribution in [1.82, 2.24) is 10.6 Å². The lowest BCUT2D eigenvalue weighted by Crippen LogP contribution is -2.34. The van der Waals surface area contributed by atoms with Crippen LogP contribution >= 0.6 is 23.5 Å². The van der Waals surface area contributed by atoms with Crippen molar-refractivity contribution in [1.29, 1.82) is 0 Å². The van der Waals surface area contributed by atoms with E-state index in [-0.39, 0.29) is 0 Å². The number of hydrogen-bond donors (Lipinski definition) is 2. The van der Waals surface area contributed by atoms with Gasteiger partial charge in [-0.15, -0.1) is 0 Å². The fraction of sp³-hybridized carbons (Fsp3) is 0.900. The molecule has 0 bridgehead atoms. The highest BCUT2D eigenvalue weighted by Gasteiger charge is 2.14. The smallest absolute Gasteiger partial charge is 0.156 e. The Morgan fingerprint density at radius 2 is 1.50 bits per heavy atom. The van der Waals surface area contributed by atoms with Gasteiger partial charge >= 0.3 is 0 Å². The molecule has 2 saturated carbocycles. The molecule has 0 spiro atoms. The van der Waals surface area contributed by atoms with E-state index in [0.29, 0.717) is 12.1 Å². The van der Waals surface area contributed by atoms with Gasteiger partial charge in [0.1, 0.15) is 0 Å². The second kappa shape index (κ2) is 13.8. The Morgan fingerprint density at radius 3 is 2.15 bits per heavy atom. The zero-order valence-electron chi connectivity index (χ0n) is 16.8. The molecule has 6 heteroatoms. The highest BCUT2D eigenvalue weighted by Crippen LogP contribution is 2.21. The van der Waals surface area contributed by atoms with Gasteiger partial charge in [0.05, 0.1) is 6.04 Å². The number of nitrogens with one attached hydrogen (secondary N) is 2. The fourth-order valence-corrected chi connectivity index (χ4v) is 4.76. The van der Waals surface area contributed by atoms with E-state index < -0.39 is 0 Å². The van der Waals surface area contributed by atoms with Crippen molar-refractivity contribution in [2.45, 2.75) is 89.1 Å². The van der Waals surface area contributed by atoms with E-state index in [4.69, 9.17) is 9.98 Å². The van der Waals surface area contributed by atoms with Crippen LogP contribution in [0.1, 0.15) is 77.0 Å². The first-order valence-electron chi connectivity index (χ1n) is 10.5. The Balaban J connectivity index is 1.59. The molecule has 4 nitrogen and oxygen atoms in total. The van der Waals surface area contributed by atoms with Crippen LogP contribution in [-0.4, -0.2) is 48.0 Å². The lowest BCUT2D eigenvalue weighted by atomic mass is 9.96. The molecule has 0 atom stereocenters. The first kappa shape index (κ1) is 21.9. The van der Waals surface area contributed by atoms with Gasteiger partial charge in [-0.1, -0.05) is 62.0 Å². The Hall–Kier alpha value is -0.360. The van der Waals surface area contributed by atoms with Crippen LogP contribution < -0.4 is 10.6 Å². The quantitative estimate of drug-likeness (QED) is 0.358. The lowest BCUT2D eigenvalue weighted by Gasteiger charge is -2.23.